The van der Waals surface area contributed by atoms with E-state index in [0.717, 1.165) is 28.7 Å². The summed E-state index contributed by atoms with van der Waals surface area (Å²) in [5.74, 6) is 1.25. The molecule has 0 saturated carbocycles. The zero-order valence-corrected chi connectivity index (χ0v) is 24.5. The molecule has 0 bridgehead atoms. The molecule has 1 fully saturated rings. The number of nitrogens with one attached hydrogen (secondary N) is 1. The summed E-state index contributed by atoms with van der Waals surface area (Å²) in [6, 6.07) is 24.6. The SMILES string of the molecule is COCc1cc(N2CCN(c3cccc(C(F)(F)F)c3)CC2)nc(SCc2ccc(C(=O)NCc3ccccc3)cc2)n1. The van der Waals surface area contributed by atoms with Gasteiger partial charge in [0, 0.05) is 62.9 Å². The fourth-order valence-electron chi connectivity index (χ4n) is 4.76. The van der Waals surface area contributed by atoms with Gasteiger partial charge >= 0.3 is 6.18 Å². The van der Waals surface area contributed by atoms with Crippen molar-refractivity contribution in [3.63, 3.8) is 0 Å². The molecule has 11 heteroatoms. The van der Waals surface area contributed by atoms with Crippen molar-refractivity contribution < 1.29 is 22.7 Å². The molecule has 1 amide bonds. The van der Waals surface area contributed by atoms with Crippen LogP contribution in [-0.2, 0) is 29.8 Å². The van der Waals surface area contributed by atoms with Crippen LogP contribution in [0.1, 0.15) is 32.7 Å². The van der Waals surface area contributed by atoms with E-state index in [1.807, 2.05) is 65.6 Å². The molecule has 0 radical (unpaired) electrons. The summed E-state index contributed by atoms with van der Waals surface area (Å²) in [6.45, 7) is 3.15. The van der Waals surface area contributed by atoms with Crippen LogP contribution in [0.2, 0.25) is 0 Å². The van der Waals surface area contributed by atoms with Crippen LogP contribution in [0.15, 0.2) is 90.1 Å². The number of aromatic nitrogens is 2. The van der Waals surface area contributed by atoms with E-state index in [1.165, 1.54) is 23.9 Å². The monoisotopic (exact) mass is 607 g/mol. The van der Waals surface area contributed by atoms with Crippen molar-refractivity contribution in [3.05, 3.63) is 113 Å². The number of hydrogen-bond acceptors (Lipinski definition) is 7. The minimum absolute atomic E-state index is 0.128. The van der Waals surface area contributed by atoms with E-state index >= 15 is 0 Å². The lowest BCUT2D eigenvalue weighted by atomic mass is 10.1. The van der Waals surface area contributed by atoms with Gasteiger partial charge in [-0.15, -0.1) is 0 Å². The number of amides is 1. The Hall–Kier alpha value is -4.09. The zero-order chi connectivity index (χ0) is 30.2. The number of piperazine rings is 1. The second-order valence-corrected chi connectivity index (χ2v) is 11.1. The second kappa shape index (κ2) is 13.9. The minimum atomic E-state index is -4.37. The number of rotatable bonds is 10. The summed E-state index contributed by atoms with van der Waals surface area (Å²) in [5, 5.41) is 3.55. The van der Waals surface area contributed by atoms with Crippen LogP contribution in [0.4, 0.5) is 24.7 Å². The van der Waals surface area contributed by atoms with Gasteiger partial charge in [-0.25, -0.2) is 9.97 Å². The largest absolute Gasteiger partial charge is 0.416 e. The number of carbonyl (C=O) groups is 1. The van der Waals surface area contributed by atoms with Crippen LogP contribution in [-0.4, -0.2) is 49.2 Å². The zero-order valence-electron chi connectivity index (χ0n) is 23.7. The fraction of sp³-hybridized carbons (Fsp3) is 0.281. The number of halogens is 3. The second-order valence-electron chi connectivity index (χ2n) is 10.1. The van der Waals surface area contributed by atoms with E-state index in [1.54, 1.807) is 13.2 Å². The number of nitrogens with zero attached hydrogens (tertiary/aromatic N) is 4. The van der Waals surface area contributed by atoms with Crippen LogP contribution in [0.5, 0.6) is 0 Å². The van der Waals surface area contributed by atoms with Gasteiger partial charge in [-0.2, -0.15) is 13.2 Å². The Kier molecular flexibility index (Phi) is 9.83. The molecule has 4 aromatic rings. The predicted octanol–water partition coefficient (Wildman–Crippen LogP) is 6.19. The highest BCUT2D eigenvalue weighted by molar-refractivity contribution is 7.98. The number of hydrogen-bond donors (Lipinski definition) is 1. The fourth-order valence-corrected chi connectivity index (χ4v) is 5.59. The lowest BCUT2D eigenvalue weighted by Gasteiger charge is -2.37. The molecule has 1 saturated heterocycles. The summed E-state index contributed by atoms with van der Waals surface area (Å²) < 4.78 is 44.9. The van der Waals surface area contributed by atoms with Crippen molar-refractivity contribution in [1.29, 1.82) is 0 Å². The molecule has 5 rings (SSSR count). The first-order chi connectivity index (χ1) is 20.8. The minimum Gasteiger partial charge on any atom is -0.378 e. The quantitative estimate of drug-likeness (QED) is 0.170. The molecule has 0 unspecified atom stereocenters. The van der Waals surface area contributed by atoms with Crippen LogP contribution >= 0.6 is 11.8 Å². The first-order valence-electron chi connectivity index (χ1n) is 13.9. The van der Waals surface area contributed by atoms with Crippen molar-refractivity contribution in [2.45, 2.75) is 30.2 Å². The third-order valence-corrected chi connectivity index (χ3v) is 7.98. The Morgan fingerprint density at radius 3 is 2.30 bits per heavy atom. The normalized spacial score (nSPS) is 13.7. The molecule has 1 aliphatic heterocycles. The molecular weight excluding hydrogens is 575 g/mol. The number of thioether (sulfide) groups is 1. The van der Waals surface area contributed by atoms with Gasteiger partial charge in [-0.3, -0.25) is 4.79 Å². The van der Waals surface area contributed by atoms with Gasteiger partial charge in [0.2, 0.25) is 0 Å². The summed E-state index contributed by atoms with van der Waals surface area (Å²) in [5.41, 5.74) is 3.33. The summed E-state index contributed by atoms with van der Waals surface area (Å²) in [6.07, 6.45) is -4.37. The number of benzene rings is 3. The van der Waals surface area contributed by atoms with Gasteiger partial charge in [0.1, 0.15) is 5.82 Å². The number of alkyl halides is 3. The van der Waals surface area contributed by atoms with Crippen molar-refractivity contribution in [2.24, 2.45) is 0 Å². The number of anilines is 2. The van der Waals surface area contributed by atoms with E-state index < -0.39 is 11.7 Å². The molecule has 0 atom stereocenters. The molecule has 7 nitrogen and oxygen atoms in total. The van der Waals surface area contributed by atoms with Crippen molar-refractivity contribution in [1.82, 2.24) is 15.3 Å². The summed E-state index contributed by atoms with van der Waals surface area (Å²) >= 11 is 1.49. The van der Waals surface area contributed by atoms with Gasteiger partial charge in [0.05, 0.1) is 17.9 Å². The highest BCUT2D eigenvalue weighted by Crippen LogP contribution is 2.32. The van der Waals surface area contributed by atoms with Gasteiger partial charge in [-0.05, 0) is 41.5 Å². The maximum Gasteiger partial charge on any atom is 0.416 e. The van der Waals surface area contributed by atoms with Gasteiger partial charge in [-0.1, -0.05) is 60.3 Å². The van der Waals surface area contributed by atoms with E-state index in [0.29, 0.717) is 61.5 Å². The smallest absolute Gasteiger partial charge is 0.378 e. The third kappa shape index (κ3) is 8.26. The predicted molar refractivity (Wildman–Crippen MR) is 162 cm³/mol. The molecule has 1 aromatic heterocycles. The highest BCUT2D eigenvalue weighted by Gasteiger charge is 2.31. The molecule has 224 valence electrons. The van der Waals surface area contributed by atoms with Crippen LogP contribution < -0.4 is 15.1 Å². The summed E-state index contributed by atoms with van der Waals surface area (Å²) in [4.78, 5) is 26.1. The Balaban J connectivity index is 1.19. The molecular formula is C32H32F3N5O2S. The van der Waals surface area contributed by atoms with Gasteiger partial charge < -0.3 is 19.9 Å². The van der Waals surface area contributed by atoms with E-state index in [-0.39, 0.29) is 5.91 Å². The molecule has 0 aliphatic carbocycles. The van der Waals surface area contributed by atoms with Crippen LogP contribution in [0.25, 0.3) is 0 Å². The lowest BCUT2D eigenvalue weighted by molar-refractivity contribution is -0.137. The van der Waals surface area contributed by atoms with Crippen molar-refractivity contribution in [2.75, 3.05) is 43.1 Å². The molecule has 1 aliphatic rings. The molecule has 3 aromatic carbocycles. The maximum atomic E-state index is 13.2. The Morgan fingerprint density at radius 1 is 0.884 bits per heavy atom. The first kappa shape index (κ1) is 30.4. The Labute approximate surface area is 253 Å². The maximum absolute atomic E-state index is 13.2. The molecule has 2 heterocycles. The van der Waals surface area contributed by atoms with E-state index in [4.69, 9.17) is 9.72 Å². The van der Waals surface area contributed by atoms with Gasteiger partial charge in [0.25, 0.3) is 5.91 Å². The molecule has 43 heavy (non-hydrogen) atoms. The number of methoxy groups -OCH3 is 1. The van der Waals surface area contributed by atoms with E-state index in [2.05, 4.69) is 15.2 Å². The summed E-state index contributed by atoms with van der Waals surface area (Å²) in [7, 11) is 1.61. The Bertz CT molecular complexity index is 1510. The molecule has 0 spiro atoms. The number of carbonyl (C=O) groups excluding carboxylic acids is 1. The lowest BCUT2D eigenvalue weighted by Crippen LogP contribution is -2.47. The van der Waals surface area contributed by atoms with Gasteiger partial charge in [0.15, 0.2) is 5.16 Å². The average molecular weight is 608 g/mol. The van der Waals surface area contributed by atoms with E-state index in [9.17, 15) is 18.0 Å². The van der Waals surface area contributed by atoms with Crippen LogP contribution in [0, 0.1) is 0 Å². The topological polar surface area (TPSA) is 70.6 Å². The number of ether oxygens (including phenoxy) is 1. The van der Waals surface area contributed by atoms with Crippen LogP contribution in [0.3, 0.4) is 0 Å². The standard InChI is InChI=1S/C32H32F3N5O2S/c1-42-21-27-19-29(40-16-14-39(15-17-40)28-9-5-8-26(18-28)32(33,34)35)38-31(37-27)43-22-24-10-12-25(13-11-24)30(41)36-20-23-6-3-2-4-7-23/h2-13,18-19H,14-17,20-22H2,1H3,(H,36,41). The Morgan fingerprint density at radius 2 is 1.60 bits per heavy atom. The molecule has 1 N–H and O–H groups in total. The average Bonchev–Trinajstić information content (AvgIpc) is 3.03. The first-order valence-corrected chi connectivity index (χ1v) is 14.8. The highest BCUT2D eigenvalue weighted by atomic mass is 32.2. The van der Waals surface area contributed by atoms with Crippen molar-refractivity contribution in [3.8, 4) is 0 Å². The van der Waals surface area contributed by atoms with Crippen molar-refractivity contribution >= 4 is 29.2 Å². The third-order valence-electron chi connectivity index (χ3n) is 7.06.